The molecule has 29 heavy (non-hydrogen) atoms. The van der Waals surface area contributed by atoms with E-state index in [9.17, 15) is 9.59 Å². The Balaban J connectivity index is 1.43. The number of nitrogens with one attached hydrogen (secondary N) is 2. The van der Waals surface area contributed by atoms with E-state index >= 15 is 0 Å². The average Bonchev–Trinajstić information content (AvgIpc) is 3.12. The standard InChI is InChI=1S/C22H27N5O2/c1-16-12-24-19(14-23-16)20(28)26-18-11-22(9-5-6-10-27(22)15-18)21(29)25-13-17-7-3-2-4-8-17/h2-4,7-8,12,14,18H,5-6,9-11,13,15H2,1H3,(H,25,29)(H,26,28)/t18-,22-/m0/s1. The molecule has 0 spiro atoms. The molecule has 1 aromatic heterocycles. The van der Waals surface area contributed by atoms with E-state index < -0.39 is 5.54 Å². The summed E-state index contributed by atoms with van der Waals surface area (Å²) in [6.07, 6.45) is 6.64. The van der Waals surface area contributed by atoms with Gasteiger partial charge in [-0.15, -0.1) is 0 Å². The van der Waals surface area contributed by atoms with Gasteiger partial charge in [0.25, 0.3) is 5.91 Å². The number of fused-ring (bicyclic) bond motifs is 1. The summed E-state index contributed by atoms with van der Waals surface area (Å²) in [4.78, 5) is 36.4. The number of aromatic nitrogens is 2. The number of amides is 2. The maximum atomic E-state index is 13.2. The fraction of sp³-hybridized carbons (Fsp3) is 0.455. The summed E-state index contributed by atoms with van der Waals surface area (Å²) in [6, 6.07) is 9.86. The van der Waals surface area contributed by atoms with Gasteiger partial charge < -0.3 is 10.6 Å². The zero-order valence-corrected chi connectivity index (χ0v) is 16.7. The molecule has 4 rings (SSSR count). The molecule has 0 unspecified atom stereocenters. The predicted octanol–water partition coefficient (Wildman–Crippen LogP) is 1.83. The summed E-state index contributed by atoms with van der Waals surface area (Å²) < 4.78 is 0. The van der Waals surface area contributed by atoms with Crippen LogP contribution < -0.4 is 10.6 Å². The molecule has 2 aliphatic rings. The molecule has 2 fully saturated rings. The Kier molecular flexibility index (Phi) is 5.58. The largest absolute Gasteiger partial charge is 0.350 e. The summed E-state index contributed by atoms with van der Waals surface area (Å²) in [7, 11) is 0. The number of nitrogens with zero attached hydrogens (tertiary/aromatic N) is 3. The number of aryl methyl sites for hydroxylation is 1. The van der Waals surface area contributed by atoms with Crippen LogP contribution in [0, 0.1) is 6.92 Å². The molecule has 2 aliphatic heterocycles. The SMILES string of the molecule is Cc1cnc(C(=O)N[C@@H]2CN3CCCC[C@@]3(C(=O)NCc3ccccc3)C2)cn1. The number of hydrogen-bond acceptors (Lipinski definition) is 5. The third kappa shape index (κ3) is 4.15. The van der Waals surface area contributed by atoms with Gasteiger partial charge in [0, 0.05) is 25.3 Å². The van der Waals surface area contributed by atoms with Crippen molar-refractivity contribution in [2.45, 2.75) is 50.7 Å². The van der Waals surface area contributed by atoms with Crippen LogP contribution >= 0.6 is 0 Å². The van der Waals surface area contributed by atoms with Crippen LogP contribution in [-0.2, 0) is 11.3 Å². The number of rotatable bonds is 5. The molecular weight excluding hydrogens is 366 g/mol. The van der Waals surface area contributed by atoms with Crippen LogP contribution in [0.4, 0.5) is 0 Å². The van der Waals surface area contributed by atoms with Gasteiger partial charge in [-0.2, -0.15) is 0 Å². The van der Waals surface area contributed by atoms with Crippen LogP contribution in [0.15, 0.2) is 42.7 Å². The third-order valence-electron chi connectivity index (χ3n) is 5.97. The van der Waals surface area contributed by atoms with Gasteiger partial charge in [-0.05, 0) is 44.7 Å². The zero-order valence-electron chi connectivity index (χ0n) is 16.7. The molecule has 7 nitrogen and oxygen atoms in total. The highest BCUT2D eigenvalue weighted by Gasteiger charge is 2.52. The van der Waals surface area contributed by atoms with Gasteiger partial charge in [-0.1, -0.05) is 30.3 Å². The van der Waals surface area contributed by atoms with Crippen LogP contribution in [0.1, 0.15) is 47.4 Å². The predicted molar refractivity (Wildman–Crippen MR) is 109 cm³/mol. The molecule has 0 bridgehead atoms. The number of carbonyl (C=O) groups is 2. The van der Waals surface area contributed by atoms with E-state index in [4.69, 9.17) is 0 Å². The van der Waals surface area contributed by atoms with Gasteiger partial charge in [0.1, 0.15) is 11.2 Å². The minimum atomic E-state index is -0.538. The van der Waals surface area contributed by atoms with Crippen molar-refractivity contribution in [1.29, 1.82) is 0 Å². The highest BCUT2D eigenvalue weighted by Crippen LogP contribution is 2.38. The number of piperidine rings is 1. The van der Waals surface area contributed by atoms with Crippen molar-refractivity contribution < 1.29 is 9.59 Å². The molecule has 152 valence electrons. The quantitative estimate of drug-likeness (QED) is 0.809. The summed E-state index contributed by atoms with van der Waals surface area (Å²) in [5, 5.41) is 6.19. The third-order valence-corrected chi connectivity index (χ3v) is 5.97. The number of hydrogen-bond donors (Lipinski definition) is 2. The van der Waals surface area contributed by atoms with Crippen LogP contribution in [0.25, 0.3) is 0 Å². The first-order chi connectivity index (χ1) is 14.1. The van der Waals surface area contributed by atoms with Crippen molar-refractivity contribution in [3.63, 3.8) is 0 Å². The molecular formula is C22H27N5O2. The van der Waals surface area contributed by atoms with E-state index in [1.54, 1.807) is 6.20 Å². The highest BCUT2D eigenvalue weighted by atomic mass is 16.2. The van der Waals surface area contributed by atoms with Crippen molar-refractivity contribution >= 4 is 11.8 Å². The topological polar surface area (TPSA) is 87.2 Å². The minimum absolute atomic E-state index is 0.0629. The second kappa shape index (κ2) is 8.29. The Morgan fingerprint density at radius 2 is 2.00 bits per heavy atom. The Morgan fingerprint density at radius 3 is 2.76 bits per heavy atom. The first-order valence-electron chi connectivity index (χ1n) is 10.2. The van der Waals surface area contributed by atoms with Crippen LogP contribution in [0.2, 0.25) is 0 Å². The Bertz CT molecular complexity index is 871. The van der Waals surface area contributed by atoms with Crippen molar-refractivity contribution in [3.8, 4) is 0 Å². The second-order valence-electron chi connectivity index (χ2n) is 8.02. The Morgan fingerprint density at radius 1 is 1.17 bits per heavy atom. The first kappa shape index (κ1) is 19.5. The molecule has 0 radical (unpaired) electrons. The van der Waals surface area contributed by atoms with Crippen molar-refractivity contribution in [3.05, 3.63) is 59.7 Å². The maximum Gasteiger partial charge on any atom is 0.271 e. The molecule has 7 heteroatoms. The van der Waals surface area contributed by atoms with Crippen molar-refractivity contribution in [2.75, 3.05) is 13.1 Å². The van der Waals surface area contributed by atoms with Gasteiger partial charge in [0.2, 0.25) is 5.91 Å². The first-order valence-corrected chi connectivity index (χ1v) is 10.2. The van der Waals surface area contributed by atoms with Gasteiger partial charge in [-0.3, -0.25) is 19.5 Å². The van der Waals surface area contributed by atoms with E-state index in [1.165, 1.54) is 6.20 Å². The molecule has 2 N–H and O–H groups in total. The molecule has 0 aliphatic carbocycles. The van der Waals surface area contributed by atoms with E-state index in [0.29, 0.717) is 25.2 Å². The molecule has 0 saturated carbocycles. The molecule has 2 aromatic rings. The summed E-state index contributed by atoms with van der Waals surface area (Å²) in [5.74, 6) is -0.171. The molecule has 3 heterocycles. The van der Waals surface area contributed by atoms with E-state index in [2.05, 4.69) is 25.5 Å². The van der Waals surface area contributed by atoms with Crippen LogP contribution in [-0.4, -0.2) is 51.4 Å². The lowest BCUT2D eigenvalue weighted by atomic mass is 9.84. The number of benzene rings is 1. The number of carbonyl (C=O) groups excluding carboxylic acids is 2. The summed E-state index contributed by atoms with van der Waals surface area (Å²) >= 11 is 0. The van der Waals surface area contributed by atoms with Crippen molar-refractivity contribution in [1.82, 2.24) is 25.5 Å². The van der Waals surface area contributed by atoms with E-state index in [1.807, 2.05) is 37.3 Å². The molecule has 2 saturated heterocycles. The van der Waals surface area contributed by atoms with Gasteiger partial charge in [0.15, 0.2) is 0 Å². The molecule has 2 atom stereocenters. The zero-order chi connectivity index (χ0) is 20.3. The lowest BCUT2D eigenvalue weighted by Gasteiger charge is -2.40. The fourth-order valence-electron chi connectivity index (χ4n) is 4.49. The fourth-order valence-corrected chi connectivity index (χ4v) is 4.49. The van der Waals surface area contributed by atoms with Crippen LogP contribution in [0.5, 0.6) is 0 Å². The Hall–Kier alpha value is -2.80. The Labute approximate surface area is 170 Å². The van der Waals surface area contributed by atoms with Crippen LogP contribution in [0.3, 0.4) is 0 Å². The minimum Gasteiger partial charge on any atom is -0.350 e. The van der Waals surface area contributed by atoms with Gasteiger partial charge >= 0.3 is 0 Å². The molecule has 2 amide bonds. The summed E-state index contributed by atoms with van der Waals surface area (Å²) in [5.41, 5.74) is 1.63. The lowest BCUT2D eigenvalue weighted by molar-refractivity contribution is -0.134. The van der Waals surface area contributed by atoms with Gasteiger partial charge in [-0.25, -0.2) is 4.98 Å². The second-order valence-corrected chi connectivity index (χ2v) is 8.02. The molecule has 1 aromatic carbocycles. The van der Waals surface area contributed by atoms with E-state index in [0.717, 1.165) is 37.1 Å². The van der Waals surface area contributed by atoms with Crippen molar-refractivity contribution in [2.24, 2.45) is 0 Å². The van der Waals surface area contributed by atoms with Gasteiger partial charge in [0.05, 0.1) is 11.9 Å². The highest BCUT2D eigenvalue weighted by molar-refractivity contribution is 5.92. The smallest absolute Gasteiger partial charge is 0.271 e. The average molecular weight is 393 g/mol. The maximum absolute atomic E-state index is 13.2. The summed E-state index contributed by atoms with van der Waals surface area (Å²) in [6.45, 7) is 3.92. The lowest BCUT2D eigenvalue weighted by Crippen LogP contribution is -2.57. The van der Waals surface area contributed by atoms with E-state index in [-0.39, 0.29) is 17.9 Å². The normalized spacial score (nSPS) is 24.0. The monoisotopic (exact) mass is 393 g/mol.